The van der Waals surface area contributed by atoms with E-state index in [1.807, 2.05) is 39.0 Å². The van der Waals surface area contributed by atoms with Gasteiger partial charge in [-0.2, -0.15) is 0 Å². The molecule has 2 nitrogen and oxygen atoms in total. The average molecular weight is 259 g/mol. The maximum absolute atomic E-state index is 13.8. The molecule has 0 saturated heterocycles. The topological polar surface area (TPSA) is 32.3 Å². The molecule has 100 valence electrons. The molecule has 0 aliphatic heterocycles. The fourth-order valence-electron chi connectivity index (χ4n) is 2.13. The number of aromatic hydroxyl groups is 1. The summed E-state index contributed by atoms with van der Waals surface area (Å²) in [4.78, 5) is 0. The van der Waals surface area contributed by atoms with Gasteiger partial charge in [-0.25, -0.2) is 4.39 Å². The van der Waals surface area contributed by atoms with Crippen molar-refractivity contribution in [3.8, 4) is 5.75 Å². The second-order valence-corrected chi connectivity index (χ2v) is 4.86. The molecule has 2 N–H and O–H groups in total. The van der Waals surface area contributed by atoms with Crippen LogP contribution in [0.3, 0.4) is 0 Å². The molecule has 1 atom stereocenters. The molecule has 1 unspecified atom stereocenters. The molecule has 0 fully saturated rings. The van der Waals surface area contributed by atoms with Crippen molar-refractivity contribution in [1.82, 2.24) is 0 Å². The number of rotatable bonds is 3. The van der Waals surface area contributed by atoms with Crippen molar-refractivity contribution in [3.05, 3.63) is 58.9 Å². The van der Waals surface area contributed by atoms with Gasteiger partial charge in [0.15, 0.2) is 0 Å². The second-order valence-electron chi connectivity index (χ2n) is 4.86. The number of aryl methyl sites for hydroxylation is 2. The first-order valence-corrected chi connectivity index (χ1v) is 6.30. The van der Waals surface area contributed by atoms with Gasteiger partial charge in [0, 0.05) is 5.56 Å². The lowest BCUT2D eigenvalue weighted by atomic mass is 10.0. The third-order valence-corrected chi connectivity index (χ3v) is 3.23. The molecule has 0 aromatic heterocycles. The first-order chi connectivity index (χ1) is 8.99. The van der Waals surface area contributed by atoms with Crippen LogP contribution in [0.25, 0.3) is 0 Å². The lowest BCUT2D eigenvalue weighted by molar-refractivity contribution is 0.465. The third-order valence-electron chi connectivity index (χ3n) is 3.23. The predicted octanol–water partition coefficient (Wildman–Crippen LogP) is 4.32. The zero-order chi connectivity index (χ0) is 14.0. The fraction of sp³-hybridized carbons (Fsp3) is 0.250. The predicted molar refractivity (Wildman–Crippen MR) is 76.0 cm³/mol. The van der Waals surface area contributed by atoms with E-state index in [1.165, 1.54) is 6.07 Å². The minimum Gasteiger partial charge on any atom is -0.508 e. The summed E-state index contributed by atoms with van der Waals surface area (Å²) in [5, 5.41) is 13.0. The van der Waals surface area contributed by atoms with Crippen LogP contribution in [0.2, 0.25) is 0 Å². The summed E-state index contributed by atoms with van der Waals surface area (Å²) in [6.07, 6.45) is 0. The van der Waals surface area contributed by atoms with Crippen LogP contribution in [0.15, 0.2) is 36.4 Å². The first-order valence-electron chi connectivity index (χ1n) is 6.30. The highest BCUT2D eigenvalue weighted by atomic mass is 19.1. The molecule has 0 amide bonds. The molecule has 3 heteroatoms. The van der Waals surface area contributed by atoms with Crippen molar-refractivity contribution >= 4 is 5.69 Å². The summed E-state index contributed by atoms with van der Waals surface area (Å²) >= 11 is 0. The van der Waals surface area contributed by atoms with Crippen molar-refractivity contribution in [2.24, 2.45) is 0 Å². The quantitative estimate of drug-likeness (QED) is 0.860. The summed E-state index contributed by atoms with van der Waals surface area (Å²) < 4.78 is 13.8. The Morgan fingerprint density at radius 3 is 2.58 bits per heavy atom. The Morgan fingerprint density at radius 1 is 1.16 bits per heavy atom. The summed E-state index contributed by atoms with van der Waals surface area (Å²) in [6, 6.07) is 10.2. The minimum atomic E-state index is -0.279. The van der Waals surface area contributed by atoms with Gasteiger partial charge >= 0.3 is 0 Å². The van der Waals surface area contributed by atoms with E-state index in [9.17, 15) is 9.50 Å². The normalized spacial score (nSPS) is 12.2. The number of anilines is 1. The molecule has 0 spiro atoms. The number of para-hydroxylation sites is 1. The van der Waals surface area contributed by atoms with E-state index in [4.69, 9.17) is 0 Å². The highest BCUT2D eigenvalue weighted by Gasteiger charge is 2.13. The molecule has 2 aromatic rings. The summed E-state index contributed by atoms with van der Waals surface area (Å²) in [6.45, 7) is 5.72. The van der Waals surface area contributed by atoms with Crippen molar-refractivity contribution in [1.29, 1.82) is 0 Å². The van der Waals surface area contributed by atoms with Crippen molar-refractivity contribution in [2.45, 2.75) is 26.8 Å². The van der Waals surface area contributed by atoms with Crippen LogP contribution in [0.5, 0.6) is 5.75 Å². The van der Waals surface area contributed by atoms with Gasteiger partial charge in [-0.3, -0.25) is 0 Å². The van der Waals surface area contributed by atoms with Crippen molar-refractivity contribution in [2.75, 3.05) is 5.32 Å². The van der Waals surface area contributed by atoms with Crippen LogP contribution in [0, 0.1) is 19.7 Å². The Bertz CT molecular complexity index is 575. The highest BCUT2D eigenvalue weighted by molar-refractivity contribution is 5.54. The molecule has 0 bridgehead atoms. The monoisotopic (exact) mass is 259 g/mol. The lowest BCUT2D eigenvalue weighted by Gasteiger charge is -2.19. The van der Waals surface area contributed by atoms with E-state index in [0.717, 1.165) is 16.7 Å². The maximum atomic E-state index is 13.8. The number of nitrogens with one attached hydrogen (secondary N) is 1. The lowest BCUT2D eigenvalue weighted by Crippen LogP contribution is -2.09. The zero-order valence-electron chi connectivity index (χ0n) is 11.4. The van der Waals surface area contributed by atoms with E-state index >= 15 is 0 Å². The third kappa shape index (κ3) is 2.87. The number of hydrogen-bond acceptors (Lipinski definition) is 2. The van der Waals surface area contributed by atoms with E-state index in [0.29, 0.717) is 5.69 Å². The summed E-state index contributed by atoms with van der Waals surface area (Å²) in [7, 11) is 0. The Morgan fingerprint density at radius 2 is 1.89 bits per heavy atom. The average Bonchev–Trinajstić information content (AvgIpc) is 2.37. The van der Waals surface area contributed by atoms with Gasteiger partial charge in [0.2, 0.25) is 0 Å². The number of phenolic OH excluding ortho intramolecular Hbond substituents is 1. The summed E-state index contributed by atoms with van der Waals surface area (Å²) in [5.74, 6) is -0.0569. The summed E-state index contributed by atoms with van der Waals surface area (Å²) in [5.41, 5.74) is 3.16. The Labute approximate surface area is 112 Å². The Kier molecular flexibility index (Phi) is 3.74. The Balaban J connectivity index is 2.31. The van der Waals surface area contributed by atoms with Gasteiger partial charge in [0.1, 0.15) is 11.6 Å². The van der Waals surface area contributed by atoms with Crippen LogP contribution in [-0.4, -0.2) is 5.11 Å². The van der Waals surface area contributed by atoms with E-state index in [-0.39, 0.29) is 17.6 Å². The smallest absolute Gasteiger partial charge is 0.146 e. The van der Waals surface area contributed by atoms with Gasteiger partial charge in [0.25, 0.3) is 0 Å². The van der Waals surface area contributed by atoms with Gasteiger partial charge in [-0.15, -0.1) is 0 Å². The molecule has 2 rings (SSSR count). The number of benzene rings is 2. The van der Waals surface area contributed by atoms with Crippen molar-refractivity contribution in [3.63, 3.8) is 0 Å². The molecule has 0 aliphatic carbocycles. The molecule has 0 radical (unpaired) electrons. The van der Waals surface area contributed by atoms with Crippen LogP contribution in [0.1, 0.15) is 29.7 Å². The minimum absolute atomic E-state index is 0.171. The van der Waals surface area contributed by atoms with Gasteiger partial charge in [-0.1, -0.05) is 29.8 Å². The first kappa shape index (κ1) is 13.4. The van der Waals surface area contributed by atoms with Crippen LogP contribution < -0.4 is 5.32 Å². The van der Waals surface area contributed by atoms with Gasteiger partial charge < -0.3 is 10.4 Å². The number of halogens is 1. The molecular formula is C16H18FNO. The van der Waals surface area contributed by atoms with Gasteiger partial charge in [-0.05, 0) is 38.5 Å². The molecule has 19 heavy (non-hydrogen) atoms. The standard InChI is InChI=1S/C16H18FNO/c1-10-7-8-15(19)13(9-10)12(3)18-16-11(2)5-4-6-14(16)17/h4-9,12,18-19H,1-3H3. The largest absolute Gasteiger partial charge is 0.508 e. The number of hydrogen-bond donors (Lipinski definition) is 2. The SMILES string of the molecule is Cc1ccc(O)c(C(C)Nc2c(C)cccc2F)c1. The van der Waals surface area contributed by atoms with Gasteiger partial charge in [0.05, 0.1) is 11.7 Å². The van der Waals surface area contributed by atoms with Crippen molar-refractivity contribution < 1.29 is 9.50 Å². The molecule has 0 aliphatic rings. The zero-order valence-corrected chi connectivity index (χ0v) is 11.4. The molecule has 0 heterocycles. The molecule has 0 saturated carbocycles. The van der Waals surface area contributed by atoms with E-state index < -0.39 is 0 Å². The molecule has 2 aromatic carbocycles. The highest BCUT2D eigenvalue weighted by Crippen LogP contribution is 2.30. The van der Waals surface area contributed by atoms with E-state index in [1.54, 1.807) is 12.1 Å². The second kappa shape index (κ2) is 5.31. The van der Waals surface area contributed by atoms with Crippen LogP contribution in [0.4, 0.5) is 10.1 Å². The maximum Gasteiger partial charge on any atom is 0.146 e. The Hall–Kier alpha value is -2.03. The van der Waals surface area contributed by atoms with E-state index in [2.05, 4.69) is 5.32 Å². The van der Waals surface area contributed by atoms with Crippen LogP contribution in [-0.2, 0) is 0 Å². The molecular weight excluding hydrogens is 241 g/mol. The number of phenols is 1. The fourth-order valence-corrected chi connectivity index (χ4v) is 2.13. The van der Waals surface area contributed by atoms with Crippen LogP contribution >= 0.6 is 0 Å².